The van der Waals surface area contributed by atoms with E-state index in [1.165, 1.54) is 0 Å². The van der Waals surface area contributed by atoms with Crippen LogP contribution < -0.4 is 0 Å². The molecule has 0 saturated carbocycles. The summed E-state index contributed by atoms with van der Waals surface area (Å²) in [5.41, 5.74) is 0. The maximum Gasteiger partial charge on any atom is 0.260 e. The number of amides is 2. The number of piperidine rings is 1. The van der Waals surface area contributed by atoms with Gasteiger partial charge in [0, 0.05) is 6.42 Å². The lowest BCUT2D eigenvalue weighted by molar-refractivity contribution is -0.148. The van der Waals surface area contributed by atoms with E-state index in [9.17, 15) is 9.59 Å². The number of aliphatic hydroxyl groups excluding tert-OH is 1. The van der Waals surface area contributed by atoms with Crippen LogP contribution in [0.1, 0.15) is 12.8 Å². The van der Waals surface area contributed by atoms with Crippen LogP contribution in [-0.2, 0) is 9.59 Å². The van der Waals surface area contributed by atoms with Gasteiger partial charge in [-0.05, 0) is 15.8 Å². The van der Waals surface area contributed by atoms with Gasteiger partial charge >= 0.3 is 0 Å². The van der Waals surface area contributed by atoms with Crippen LogP contribution in [0.5, 0.6) is 0 Å². The molecule has 0 radical (unpaired) electrons. The molecule has 1 N–H and O–H groups in total. The fraction of sp³-hybridized carbons (Fsp3) is 0.600. The van der Waals surface area contributed by atoms with Crippen LogP contribution in [0, 0.1) is 0 Å². The zero-order valence-electron chi connectivity index (χ0n) is 5.28. The quantitative estimate of drug-likeness (QED) is 0.377. The SMILES string of the molecule is O=C1CCC(O)C(=O)N1P. The number of carbonyl (C=O) groups excluding carboxylic acids is 2. The maximum absolute atomic E-state index is 10.8. The number of carbonyl (C=O) groups is 2. The van der Waals surface area contributed by atoms with Crippen molar-refractivity contribution in [3.05, 3.63) is 0 Å². The third kappa shape index (κ3) is 1.18. The smallest absolute Gasteiger partial charge is 0.260 e. The highest BCUT2D eigenvalue weighted by atomic mass is 31.0. The van der Waals surface area contributed by atoms with Crippen molar-refractivity contribution in [2.75, 3.05) is 0 Å². The molecule has 1 heterocycles. The lowest BCUT2D eigenvalue weighted by Gasteiger charge is -2.23. The van der Waals surface area contributed by atoms with Gasteiger partial charge in [0.2, 0.25) is 5.91 Å². The molecule has 56 valence electrons. The molecule has 4 nitrogen and oxygen atoms in total. The summed E-state index contributed by atoms with van der Waals surface area (Å²) in [6.45, 7) is 0. The molecule has 0 bridgehead atoms. The van der Waals surface area contributed by atoms with Crippen LogP contribution in [-0.4, -0.2) is 27.7 Å². The Balaban J connectivity index is 2.70. The molecule has 10 heavy (non-hydrogen) atoms. The summed E-state index contributed by atoms with van der Waals surface area (Å²) < 4.78 is 0.883. The zero-order valence-corrected chi connectivity index (χ0v) is 6.43. The Bertz CT molecular complexity index is 182. The minimum atomic E-state index is -0.991. The molecule has 1 fully saturated rings. The van der Waals surface area contributed by atoms with Crippen molar-refractivity contribution < 1.29 is 14.7 Å². The van der Waals surface area contributed by atoms with Crippen molar-refractivity contribution in [2.45, 2.75) is 18.9 Å². The molecule has 5 heteroatoms. The average molecular weight is 161 g/mol. The van der Waals surface area contributed by atoms with Crippen molar-refractivity contribution in [1.82, 2.24) is 4.67 Å². The largest absolute Gasteiger partial charge is 0.383 e. The van der Waals surface area contributed by atoms with E-state index in [1.807, 2.05) is 9.39 Å². The van der Waals surface area contributed by atoms with Gasteiger partial charge in [0.15, 0.2) is 0 Å². The first kappa shape index (κ1) is 7.63. The van der Waals surface area contributed by atoms with Gasteiger partial charge in [0.05, 0.1) is 0 Å². The molecule has 2 amide bonds. The van der Waals surface area contributed by atoms with Gasteiger partial charge in [-0.15, -0.1) is 0 Å². The summed E-state index contributed by atoms with van der Waals surface area (Å²) in [5.74, 6) is -0.776. The number of hydrogen-bond acceptors (Lipinski definition) is 3. The van der Waals surface area contributed by atoms with E-state index in [1.54, 1.807) is 0 Å². The Kier molecular flexibility index (Phi) is 2.02. The lowest BCUT2D eigenvalue weighted by Crippen LogP contribution is -2.41. The van der Waals surface area contributed by atoms with Crippen LogP contribution in [0.4, 0.5) is 0 Å². The minimum Gasteiger partial charge on any atom is -0.383 e. The maximum atomic E-state index is 10.8. The topological polar surface area (TPSA) is 57.6 Å². The number of aliphatic hydroxyl groups is 1. The van der Waals surface area contributed by atoms with E-state index in [2.05, 4.69) is 0 Å². The van der Waals surface area contributed by atoms with E-state index >= 15 is 0 Å². The van der Waals surface area contributed by atoms with Crippen LogP contribution >= 0.6 is 9.39 Å². The summed E-state index contributed by atoms with van der Waals surface area (Å²) in [5, 5.41) is 8.91. The molecule has 2 unspecified atom stereocenters. The number of imide groups is 1. The van der Waals surface area contributed by atoms with Gasteiger partial charge in [0.1, 0.15) is 6.10 Å². The Hall–Kier alpha value is -0.470. The molecule has 0 aromatic carbocycles. The average Bonchev–Trinajstić information content (AvgIpc) is 1.93. The number of nitrogens with zero attached hydrogens (tertiary/aromatic N) is 1. The fourth-order valence-corrected chi connectivity index (χ4v) is 1.09. The molecule has 0 aromatic heterocycles. The summed E-state index contributed by atoms with van der Waals surface area (Å²) in [4.78, 5) is 21.5. The Morgan fingerprint density at radius 3 is 2.70 bits per heavy atom. The molecular weight excluding hydrogens is 153 g/mol. The zero-order chi connectivity index (χ0) is 7.72. The monoisotopic (exact) mass is 161 g/mol. The summed E-state index contributed by atoms with van der Waals surface area (Å²) >= 11 is 0. The van der Waals surface area contributed by atoms with E-state index in [4.69, 9.17) is 5.11 Å². The minimum absolute atomic E-state index is 0.246. The first-order chi connectivity index (χ1) is 4.63. The second-order valence-corrected chi connectivity index (χ2v) is 2.67. The first-order valence-electron chi connectivity index (χ1n) is 2.92. The molecule has 1 aliphatic rings. The lowest BCUT2D eigenvalue weighted by atomic mass is 10.1. The van der Waals surface area contributed by atoms with Gasteiger partial charge in [-0.1, -0.05) is 0 Å². The van der Waals surface area contributed by atoms with Crippen molar-refractivity contribution in [3.63, 3.8) is 0 Å². The van der Waals surface area contributed by atoms with Crippen molar-refractivity contribution in [1.29, 1.82) is 0 Å². The van der Waals surface area contributed by atoms with Gasteiger partial charge in [-0.2, -0.15) is 0 Å². The summed E-state index contributed by atoms with van der Waals surface area (Å²) in [7, 11) is 1.98. The van der Waals surface area contributed by atoms with Crippen molar-refractivity contribution in [3.8, 4) is 0 Å². The van der Waals surface area contributed by atoms with E-state index in [0.29, 0.717) is 0 Å². The van der Waals surface area contributed by atoms with Crippen molar-refractivity contribution >= 4 is 21.2 Å². The number of hydrogen-bond donors (Lipinski definition) is 1. The van der Waals surface area contributed by atoms with E-state index in [-0.39, 0.29) is 18.7 Å². The Morgan fingerprint density at radius 1 is 1.60 bits per heavy atom. The highest BCUT2D eigenvalue weighted by molar-refractivity contribution is 7.16. The van der Waals surface area contributed by atoms with Crippen LogP contribution in [0.25, 0.3) is 0 Å². The Labute approximate surface area is 60.5 Å². The standard InChI is InChI=1S/C5H8NO3P/c7-3-1-2-4(8)6(10)5(3)9/h3,7H,1-2,10H2. The Morgan fingerprint density at radius 2 is 2.20 bits per heavy atom. The molecule has 0 aliphatic carbocycles. The third-order valence-corrected chi connectivity index (χ3v) is 1.97. The van der Waals surface area contributed by atoms with Crippen LogP contribution in [0.2, 0.25) is 0 Å². The normalized spacial score (nSPS) is 27.4. The van der Waals surface area contributed by atoms with E-state index < -0.39 is 12.0 Å². The highest BCUT2D eigenvalue weighted by Crippen LogP contribution is 2.15. The van der Waals surface area contributed by atoms with Crippen LogP contribution in [0.3, 0.4) is 0 Å². The first-order valence-corrected chi connectivity index (χ1v) is 3.44. The van der Waals surface area contributed by atoms with Crippen molar-refractivity contribution in [2.24, 2.45) is 0 Å². The van der Waals surface area contributed by atoms with Gasteiger partial charge in [-0.3, -0.25) is 14.3 Å². The molecule has 1 saturated heterocycles. The molecule has 0 spiro atoms. The van der Waals surface area contributed by atoms with Gasteiger partial charge < -0.3 is 5.11 Å². The third-order valence-electron chi connectivity index (χ3n) is 1.42. The summed E-state index contributed by atoms with van der Waals surface area (Å²) in [6.07, 6.45) is -0.492. The predicted octanol–water partition coefficient (Wildman–Crippen LogP) is -0.714. The molecule has 1 rings (SSSR count). The number of rotatable bonds is 0. The van der Waals surface area contributed by atoms with Crippen LogP contribution in [0.15, 0.2) is 0 Å². The van der Waals surface area contributed by atoms with Gasteiger partial charge in [-0.25, -0.2) is 0 Å². The molecule has 2 atom stereocenters. The van der Waals surface area contributed by atoms with Gasteiger partial charge in [0.25, 0.3) is 5.91 Å². The predicted molar refractivity (Wildman–Crippen MR) is 36.8 cm³/mol. The van der Waals surface area contributed by atoms with E-state index in [0.717, 1.165) is 4.67 Å². The molecular formula is C5H8NO3P. The highest BCUT2D eigenvalue weighted by Gasteiger charge is 2.29. The second kappa shape index (κ2) is 2.64. The molecule has 0 aromatic rings. The summed E-state index contributed by atoms with van der Waals surface area (Å²) in [6, 6.07) is 0. The fourth-order valence-electron chi connectivity index (χ4n) is 0.788. The molecule has 1 aliphatic heterocycles. The second-order valence-electron chi connectivity index (χ2n) is 2.16.